The molecule has 1 atom stereocenters. The first kappa shape index (κ1) is 16.7. The van der Waals surface area contributed by atoms with E-state index < -0.39 is 0 Å². The summed E-state index contributed by atoms with van der Waals surface area (Å²) in [6.45, 7) is 8.03. The number of hydrogen-bond acceptors (Lipinski definition) is 3. The SMILES string of the molecule is CC1CCC(NC(=O)CN2CCNC[C@@H]2C)CC1.Cl. The summed E-state index contributed by atoms with van der Waals surface area (Å²) in [6.07, 6.45) is 4.83. The van der Waals surface area contributed by atoms with Gasteiger partial charge in [-0.1, -0.05) is 6.92 Å². The van der Waals surface area contributed by atoms with Crippen LogP contribution < -0.4 is 10.6 Å². The zero-order chi connectivity index (χ0) is 13.0. The molecular formula is C14H28ClN3O. The topological polar surface area (TPSA) is 44.4 Å². The second-order valence-electron chi connectivity index (χ2n) is 6.05. The molecule has 19 heavy (non-hydrogen) atoms. The predicted molar refractivity (Wildman–Crippen MR) is 80.7 cm³/mol. The summed E-state index contributed by atoms with van der Waals surface area (Å²) in [5.41, 5.74) is 0. The Hall–Kier alpha value is -0.320. The minimum atomic E-state index is 0. The van der Waals surface area contributed by atoms with E-state index in [0.717, 1.165) is 38.4 Å². The van der Waals surface area contributed by atoms with Crippen molar-refractivity contribution in [3.63, 3.8) is 0 Å². The van der Waals surface area contributed by atoms with Gasteiger partial charge in [0.2, 0.25) is 5.91 Å². The maximum atomic E-state index is 12.0. The highest BCUT2D eigenvalue weighted by Gasteiger charge is 2.23. The van der Waals surface area contributed by atoms with Gasteiger partial charge in [0.05, 0.1) is 6.54 Å². The summed E-state index contributed by atoms with van der Waals surface area (Å²) < 4.78 is 0. The fourth-order valence-corrected chi connectivity index (χ4v) is 2.98. The number of rotatable bonds is 3. The predicted octanol–water partition coefficient (Wildman–Crippen LogP) is 1.40. The van der Waals surface area contributed by atoms with Gasteiger partial charge < -0.3 is 10.6 Å². The average molecular weight is 290 g/mol. The summed E-state index contributed by atoms with van der Waals surface area (Å²) in [7, 11) is 0. The van der Waals surface area contributed by atoms with Gasteiger partial charge in [-0.15, -0.1) is 12.4 Å². The van der Waals surface area contributed by atoms with Gasteiger partial charge in [0, 0.05) is 31.7 Å². The van der Waals surface area contributed by atoms with Gasteiger partial charge in [0.1, 0.15) is 0 Å². The van der Waals surface area contributed by atoms with Crippen LogP contribution in [0.5, 0.6) is 0 Å². The number of piperazine rings is 1. The Kier molecular flexibility index (Phi) is 7.11. The second kappa shape index (κ2) is 8.08. The molecule has 1 saturated heterocycles. The Labute approximate surface area is 123 Å². The fraction of sp³-hybridized carbons (Fsp3) is 0.929. The van der Waals surface area contributed by atoms with E-state index in [-0.39, 0.29) is 18.3 Å². The van der Waals surface area contributed by atoms with E-state index in [0.29, 0.717) is 18.6 Å². The molecule has 2 fully saturated rings. The highest BCUT2D eigenvalue weighted by Crippen LogP contribution is 2.23. The van der Waals surface area contributed by atoms with Gasteiger partial charge in [-0.2, -0.15) is 0 Å². The zero-order valence-corrected chi connectivity index (χ0v) is 13.0. The Balaban J connectivity index is 0.00000180. The largest absolute Gasteiger partial charge is 0.352 e. The second-order valence-corrected chi connectivity index (χ2v) is 6.05. The highest BCUT2D eigenvalue weighted by atomic mass is 35.5. The van der Waals surface area contributed by atoms with E-state index in [2.05, 4.69) is 29.4 Å². The number of nitrogens with zero attached hydrogens (tertiary/aromatic N) is 1. The van der Waals surface area contributed by atoms with Crippen LogP contribution in [0.2, 0.25) is 0 Å². The van der Waals surface area contributed by atoms with Gasteiger partial charge in [0.25, 0.3) is 0 Å². The van der Waals surface area contributed by atoms with Crippen LogP contribution in [0.4, 0.5) is 0 Å². The van der Waals surface area contributed by atoms with Crippen molar-refractivity contribution in [2.45, 2.75) is 51.6 Å². The van der Waals surface area contributed by atoms with Crippen molar-refractivity contribution in [3.05, 3.63) is 0 Å². The molecule has 1 aliphatic carbocycles. The Morgan fingerprint density at radius 1 is 1.26 bits per heavy atom. The quantitative estimate of drug-likeness (QED) is 0.825. The molecule has 0 unspecified atom stereocenters. The van der Waals surface area contributed by atoms with E-state index in [4.69, 9.17) is 0 Å². The van der Waals surface area contributed by atoms with Crippen molar-refractivity contribution in [2.24, 2.45) is 5.92 Å². The molecule has 2 aliphatic rings. The molecule has 1 saturated carbocycles. The summed E-state index contributed by atoms with van der Waals surface area (Å²) >= 11 is 0. The van der Waals surface area contributed by atoms with E-state index in [9.17, 15) is 4.79 Å². The Morgan fingerprint density at radius 3 is 2.58 bits per heavy atom. The molecule has 0 spiro atoms. The van der Waals surface area contributed by atoms with Crippen LogP contribution >= 0.6 is 12.4 Å². The molecule has 0 radical (unpaired) electrons. The molecule has 5 heteroatoms. The van der Waals surface area contributed by atoms with Crippen molar-refractivity contribution in [2.75, 3.05) is 26.2 Å². The normalized spacial score (nSPS) is 32.4. The number of carbonyl (C=O) groups excluding carboxylic acids is 1. The number of nitrogens with one attached hydrogen (secondary N) is 2. The monoisotopic (exact) mass is 289 g/mol. The summed E-state index contributed by atoms with van der Waals surface area (Å²) in [4.78, 5) is 14.3. The van der Waals surface area contributed by atoms with Gasteiger partial charge in [-0.25, -0.2) is 0 Å². The number of carbonyl (C=O) groups is 1. The van der Waals surface area contributed by atoms with E-state index >= 15 is 0 Å². The summed E-state index contributed by atoms with van der Waals surface area (Å²) in [6, 6.07) is 0.891. The zero-order valence-electron chi connectivity index (χ0n) is 12.2. The number of hydrogen-bond donors (Lipinski definition) is 2. The van der Waals surface area contributed by atoms with Crippen LogP contribution in [0.1, 0.15) is 39.5 Å². The van der Waals surface area contributed by atoms with E-state index in [1.165, 1.54) is 12.8 Å². The lowest BCUT2D eigenvalue weighted by molar-refractivity contribution is -0.123. The van der Waals surface area contributed by atoms with E-state index in [1.807, 2.05) is 0 Å². The molecule has 1 amide bonds. The molecule has 0 aromatic heterocycles. The van der Waals surface area contributed by atoms with Crippen LogP contribution in [0.15, 0.2) is 0 Å². The summed E-state index contributed by atoms with van der Waals surface area (Å²) in [5.74, 6) is 1.05. The maximum absolute atomic E-state index is 12.0. The van der Waals surface area contributed by atoms with Crippen LogP contribution in [0.3, 0.4) is 0 Å². The van der Waals surface area contributed by atoms with Gasteiger partial charge in [0.15, 0.2) is 0 Å². The molecule has 0 aromatic carbocycles. The van der Waals surface area contributed by atoms with Crippen molar-refractivity contribution >= 4 is 18.3 Å². The minimum absolute atomic E-state index is 0. The van der Waals surface area contributed by atoms with Crippen molar-refractivity contribution in [1.29, 1.82) is 0 Å². The molecule has 1 heterocycles. The Bertz CT molecular complexity index is 280. The molecule has 4 nitrogen and oxygen atoms in total. The van der Waals surface area contributed by atoms with Crippen LogP contribution in [0, 0.1) is 5.92 Å². The van der Waals surface area contributed by atoms with Crippen LogP contribution in [-0.2, 0) is 4.79 Å². The van der Waals surface area contributed by atoms with Gasteiger partial charge in [-0.3, -0.25) is 9.69 Å². The number of amides is 1. The van der Waals surface area contributed by atoms with Crippen LogP contribution in [0.25, 0.3) is 0 Å². The third kappa shape index (κ3) is 5.28. The Morgan fingerprint density at radius 2 is 1.95 bits per heavy atom. The van der Waals surface area contributed by atoms with Gasteiger partial charge >= 0.3 is 0 Å². The molecule has 2 N–H and O–H groups in total. The van der Waals surface area contributed by atoms with Crippen LogP contribution in [-0.4, -0.2) is 49.1 Å². The first-order valence-electron chi connectivity index (χ1n) is 7.39. The molecule has 112 valence electrons. The first-order chi connectivity index (χ1) is 8.65. The van der Waals surface area contributed by atoms with Crippen molar-refractivity contribution in [3.8, 4) is 0 Å². The summed E-state index contributed by atoms with van der Waals surface area (Å²) in [5, 5.41) is 6.56. The molecule has 0 aromatic rings. The third-order valence-electron chi connectivity index (χ3n) is 4.37. The highest BCUT2D eigenvalue weighted by molar-refractivity contribution is 5.85. The smallest absolute Gasteiger partial charge is 0.234 e. The maximum Gasteiger partial charge on any atom is 0.234 e. The lowest BCUT2D eigenvalue weighted by Gasteiger charge is -2.34. The third-order valence-corrected chi connectivity index (χ3v) is 4.37. The number of halogens is 1. The van der Waals surface area contributed by atoms with Crippen molar-refractivity contribution in [1.82, 2.24) is 15.5 Å². The molecular weight excluding hydrogens is 262 g/mol. The standard InChI is InChI=1S/C14H27N3O.ClH/c1-11-3-5-13(6-4-11)16-14(18)10-17-8-7-15-9-12(17)2;/h11-13,15H,3-10H2,1-2H3,(H,16,18);1H/t11?,12-,13?;/m0./s1. The fourth-order valence-electron chi connectivity index (χ4n) is 2.98. The minimum Gasteiger partial charge on any atom is -0.352 e. The lowest BCUT2D eigenvalue weighted by atomic mass is 9.87. The van der Waals surface area contributed by atoms with E-state index in [1.54, 1.807) is 0 Å². The average Bonchev–Trinajstić information content (AvgIpc) is 2.35. The molecule has 1 aliphatic heterocycles. The first-order valence-corrected chi connectivity index (χ1v) is 7.39. The molecule has 0 bridgehead atoms. The lowest BCUT2D eigenvalue weighted by Crippen LogP contribution is -2.53. The van der Waals surface area contributed by atoms with Gasteiger partial charge in [-0.05, 0) is 38.5 Å². The molecule has 2 rings (SSSR count). The van der Waals surface area contributed by atoms with Crippen molar-refractivity contribution < 1.29 is 4.79 Å².